The number of allylic oxidation sites excluding steroid dienone is 6. The van der Waals surface area contributed by atoms with Crippen LogP contribution in [0.15, 0.2) is 185 Å². The number of rotatable bonds is 2. The van der Waals surface area contributed by atoms with Crippen molar-refractivity contribution in [3.63, 3.8) is 0 Å². The van der Waals surface area contributed by atoms with E-state index in [4.69, 9.17) is 4.74 Å². The van der Waals surface area contributed by atoms with E-state index in [2.05, 4.69) is 37.9 Å². The van der Waals surface area contributed by atoms with Crippen molar-refractivity contribution in [2.45, 2.75) is 46.3 Å². The van der Waals surface area contributed by atoms with Gasteiger partial charge in [-0.25, -0.2) is 0 Å². The van der Waals surface area contributed by atoms with Crippen molar-refractivity contribution in [2.24, 2.45) is 23.7 Å². The van der Waals surface area contributed by atoms with Gasteiger partial charge in [0.1, 0.15) is 11.2 Å². The molecule has 6 atom stereocenters. The van der Waals surface area contributed by atoms with E-state index in [1.54, 1.807) is 18.2 Å². The summed E-state index contributed by atoms with van der Waals surface area (Å²) in [5.74, 6) is -1.20. The Morgan fingerprint density at radius 1 is 0.541 bits per heavy atom. The first-order valence-corrected chi connectivity index (χ1v) is 20.8. The molecule has 1 saturated heterocycles. The molecule has 5 aliphatic rings. The molecule has 5 aromatic rings. The van der Waals surface area contributed by atoms with Gasteiger partial charge in [-0.2, -0.15) is 36.4 Å². The SMILES string of the molecule is C.C.C.C1CCOC1.O=C1c2ccc(Br)cc2C(=O)C2C=CC=CC12.OC1(c2ccccc2)c2ccc(Br)cc2C(O)(c2ccccc2)C2C=CC=CC21.[Li+].[c-]1ccccc1. The summed E-state index contributed by atoms with van der Waals surface area (Å²) in [7, 11) is 0. The summed E-state index contributed by atoms with van der Waals surface area (Å²) >= 11 is 6.90. The molecular weight excluding hydrogens is 883 g/mol. The standard InChI is InChI=1S/C26H21BrO2.C14H9BrO2.C6H5.C4H8O.3CH4.Li/c27-20-15-16-23-24(17-20)26(29,19-11-5-2-6-12-19)22-14-8-7-13-21(22)25(23,28)18-9-3-1-4-10-18;15-8-5-6-11-12(7-8)14(17)10-4-2-1-3-9(10)13(11)16;1-2-4-6-5-3-1;1-2-4-5-3-1;;;;/h1-17,21-22,28-29H;1-7,9-10H;1-5H;1-4H2;3*1H4;/q;;-1;;;;;+1. The van der Waals surface area contributed by atoms with Crippen LogP contribution >= 0.6 is 31.9 Å². The van der Waals surface area contributed by atoms with Gasteiger partial charge in [-0.05, 0) is 65.4 Å². The first-order valence-electron chi connectivity index (χ1n) is 19.2. The van der Waals surface area contributed by atoms with Crippen LogP contribution in [0.2, 0.25) is 0 Å². The molecule has 1 fully saturated rings. The van der Waals surface area contributed by atoms with Crippen molar-refractivity contribution in [2.75, 3.05) is 13.2 Å². The minimum Gasteiger partial charge on any atom is -0.381 e. The van der Waals surface area contributed by atoms with Crippen LogP contribution in [0.5, 0.6) is 0 Å². The molecule has 8 heteroatoms. The van der Waals surface area contributed by atoms with Crippen molar-refractivity contribution in [3.05, 3.63) is 224 Å². The summed E-state index contributed by atoms with van der Waals surface area (Å²) in [4.78, 5) is 24.5. The maximum atomic E-state index is 12.3. The van der Waals surface area contributed by atoms with Gasteiger partial charge in [0.05, 0.1) is 11.8 Å². The number of ketones is 2. The molecule has 1 aliphatic heterocycles. The summed E-state index contributed by atoms with van der Waals surface area (Å²) in [5, 5.41) is 24.5. The zero-order chi connectivity index (χ0) is 39.8. The first kappa shape index (κ1) is 51.2. The number of ether oxygens (including phenoxy) is 1. The second-order valence-electron chi connectivity index (χ2n) is 14.4. The van der Waals surface area contributed by atoms with Crippen LogP contribution in [0.25, 0.3) is 0 Å². The molecule has 0 bridgehead atoms. The number of aliphatic hydroxyl groups is 2. The van der Waals surface area contributed by atoms with E-state index in [9.17, 15) is 19.8 Å². The summed E-state index contributed by atoms with van der Waals surface area (Å²) in [5.41, 5.74) is 1.69. The molecule has 0 amide bonds. The number of benzene rings is 5. The molecule has 5 nitrogen and oxygen atoms in total. The Morgan fingerprint density at radius 2 is 0.984 bits per heavy atom. The van der Waals surface area contributed by atoms with Gasteiger partial charge in [0.25, 0.3) is 0 Å². The largest absolute Gasteiger partial charge is 1.00 e. The number of carbonyl (C=O) groups excluding carboxylic acids is 2. The average molecular weight is 939 g/mol. The second kappa shape index (κ2) is 23.3. The summed E-state index contributed by atoms with van der Waals surface area (Å²) in [6, 6.07) is 43.1. The molecule has 5 aromatic carbocycles. The van der Waals surface area contributed by atoms with E-state index in [-0.39, 0.29) is 76.4 Å². The van der Waals surface area contributed by atoms with Gasteiger partial charge in [0.15, 0.2) is 11.6 Å². The Balaban J connectivity index is 0.000000262. The van der Waals surface area contributed by atoms with Gasteiger partial charge >= 0.3 is 18.9 Å². The van der Waals surface area contributed by atoms with Gasteiger partial charge in [0.2, 0.25) is 0 Å². The third-order valence-corrected chi connectivity index (χ3v) is 12.0. The van der Waals surface area contributed by atoms with Crippen LogP contribution in [-0.4, -0.2) is 35.0 Å². The molecule has 1 heterocycles. The Morgan fingerprint density at radius 3 is 1.44 bits per heavy atom. The molecule has 0 saturated carbocycles. The van der Waals surface area contributed by atoms with Crippen LogP contribution in [0.4, 0.5) is 0 Å². The molecule has 61 heavy (non-hydrogen) atoms. The fraction of sp³-hybridized carbons (Fsp3) is 0.245. The number of hydrogen-bond donors (Lipinski definition) is 2. The molecule has 2 N–H and O–H groups in total. The van der Waals surface area contributed by atoms with Crippen molar-refractivity contribution < 1.29 is 43.4 Å². The van der Waals surface area contributed by atoms with Crippen molar-refractivity contribution in [1.82, 2.24) is 0 Å². The zero-order valence-electron chi connectivity index (χ0n) is 32.3. The molecule has 4 aliphatic carbocycles. The van der Waals surface area contributed by atoms with Crippen LogP contribution in [0.3, 0.4) is 0 Å². The summed E-state index contributed by atoms with van der Waals surface area (Å²) in [6.45, 7) is 2.00. The van der Waals surface area contributed by atoms with Crippen molar-refractivity contribution in [1.29, 1.82) is 0 Å². The third-order valence-electron chi connectivity index (χ3n) is 11.0. The first-order chi connectivity index (χ1) is 27.7. The van der Waals surface area contributed by atoms with Gasteiger partial charge in [-0.1, -0.05) is 169 Å². The van der Waals surface area contributed by atoms with Gasteiger partial charge in [-0.15, -0.1) is 0 Å². The van der Waals surface area contributed by atoms with Crippen molar-refractivity contribution in [3.8, 4) is 0 Å². The number of carbonyl (C=O) groups is 2. The average Bonchev–Trinajstić information content (AvgIpc) is 3.87. The number of fused-ring (bicyclic) bond motifs is 4. The predicted molar refractivity (Wildman–Crippen MR) is 252 cm³/mol. The Labute approximate surface area is 391 Å². The molecule has 0 aromatic heterocycles. The Kier molecular flexibility index (Phi) is 19.6. The van der Waals surface area contributed by atoms with Gasteiger partial charge in [0, 0.05) is 45.1 Å². The van der Waals surface area contributed by atoms with Crippen LogP contribution < -0.4 is 18.9 Å². The molecule has 10 rings (SSSR count). The second-order valence-corrected chi connectivity index (χ2v) is 16.2. The fourth-order valence-electron chi connectivity index (χ4n) is 8.26. The van der Waals surface area contributed by atoms with E-state index >= 15 is 0 Å². The quantitative estimate of drug-likeness (QED) is 0.136. The van der Waals surface area contributed by atoms with Crippen LogP contribution in [-0.2, 0) is 15.9 Å². The maximum Gasteiger partial charge on any atom is 1.00 e. The fourth-order valence-corrected chi connectivity index (χ4v) is 8.99. The van der Waals surface area contributed by atoms with Gasteiger partial charge < -0.3 is 14.9 Å². The molecule has 6 unspecified atom stereocenters. The van der Waals surface area contributed by atoms with E-state index < -0.39 is 11.2 Å². The topological polar surface area (TPSA) is 83.8 Å². The molecule has 0 spiro atoms. The summed E-state index contributed by atoms with van der Waals surface area (Å²) in [6.07, 6.45) is 17.8. The third kappa shape index (κ3) is 10.7. The predicted octanol–water partition coefficient (Wildman–Crippen LogP) is 9.68. The monoisotopic (exact) mass is 936 g/mol. The normalized spacial score (nSPS) is 24.1. The number of hydrogen-bond acceptors (Lipinski definition) is 5. The Bertz CT molecular complexity index is 2270. The van der Waals surface area contributed by atoms with E-state index in [0.29, 0.717) is 11.1 Å². The Hall–Kier alpha value is -4.16. The summed E-state index contributed by atoms with van der Waals surface area (Å²) < 4.78 is 6.64. The van der Waals surface area contributed by atoms with Crippen molar-refractivity contribution >= 4 is 43.4 Å². The molecule has 0 radical (unpaired) electrons. The van der Waals surface area contributed by atoms with E-state index in [1.165, 1.54) is 12.8 Å². The minimum absolute atomic E-state index is 0. The number of halogens is 2. The van der Waals surface area contributed by atoms with Crippen LogP contribution in [0.1, 0.15) is 78.1 Å². The smallest absolute Gasteiger partial charge is 0.381 e. The zero-order valence-corrected chi connectivity index (χ0v) is 35.4. The number of Topliss-reactive ketones (excluding diaryl/α,β-unsaturated/α-hetero) is 2. The maximum absolute atomic E-state index is 12.3. The van der Waals surface area contributed by atoms with Gasteiger partial charge in [-0.3, -0.25) is 9.59 Å². The van der Waals surface area contributed by atoms with E-state index in [0.717, 1.165) is 44.4 Å². The molecular formula is C53H55Br2LiO5. The minimum atomic E-state index is -1.26. The molecule has 312 valence electrons. The van der Waals surface area contributed by atoms with E-state index in [1.807, 2.05) is 158 Å². The van der Waals surface area contributed by atoms with Crippen LogP contribution in [0, 0.1) is 29.7 Å².